The maximum Gasteiger partial charge on any atom is 0.408 e. The summed E-state index contributed by atoms with van der Waals surface area (Å²) in [4.78, 5) is 11.7. The van der Waals surface area contributed by atoms with Crippen molar-refractivity contribution in [3.63, 3.8) is 0 Å². The van der Waals surface area contributed by atoms with Crippen molar-refractivity contribution in [2.45, 2.75) is 32.4 Å². The second kappa shape index (κ2) is 4.80. The second-order valence-electron chi connectivity index (χ2n) is 5.17. The number of hydrogen-bond acceptors (Lipinski definition) is 3. The molecule has 1 N–H and O–H groups in total. The first-order valence-electron chi connectivity index (χ1n) is 5.77. The van der Waals surface area contributed by atoms with Gasteiger partial charge in [0.15, 0.2) is 0 Å². The number of amides is 1. The predicted molar refractivity (Wildman–Crippen MR) is 71.7 cm³/mol. The van der Waals surface area contributed by atoms with Gasteiger partial charge in [-0.2, -0.15) is 0 Å². The van der Waals surface area contributed by atoms with Gasteiger partial charge in [0.2, 0.25) is 0 Å². The van der Waals surface area contributed by atoms with Gasteiger partial charge >= 0.3 is 6.09 Å². The third kappa shape index (κ3) is 2.96. The largest absolute Gasteiger partial charge is 0.490 e. The Balaban J connectivity index is 2.06. The van der Waals surface area contributed by atoms with E-state index in [-0.39, 0.29) is 6.04 Å². The summed E-state index contributed by atoms with van der Waals surface area (Å²) < 4.78 is 11.7. The van der Waals surface area contributed by atoms with Crippen molar-refractivity contribution in [1.82, 2.24) is 5.32 Å². The van der Waals surface area contributed by atoms with Gasteiger partial charge in [0, 0.05) is 5.56 Å². The van der Waals surface area contributed by atoms with E-state index in [0.717, 1.165) is 15.8 Å². The Labute approximate surface area is 115 Å². The van der Waals surface area contributed by atoms with E-state index < -0.39 is 11.7 Å². The fourth-order valence-corrected chi connectivity index (χ4v) is 2.27. The number of carbonyl (C=O) groups excluding carboxylic acids is 1. The van der Waals surface area contributed by atoms with E-state index in [1.54, 1.807) is 0 Å². The quantitative estimate of drug-likeness (QED) is 0.864. The average molecular weight is 314 g/mol. The van der Waals surface area contributed by atoms with E-state index in [9.17, 15) is 4.79 Å². The zero-order valence-corrected chi connectivity index (χ0v) is 12.2. The Hall–Kier alpha value is -1.23. The van der Waals surface area contributed by atoms with E-state index in [4.69, 9.17) is 9.47 Å². The van der Waals surface area contributed by atoms with E-state index >= 15 is 0 Å². The van der Waals surface area contributed by atoms with Crippen LogP contribution >= 0.6 is 15.9 Å². The molecule has 0 bridgehead atoms. The minimum Gasteiger partial charge on any atom is -0.490 e. The van der Waals surface area contributed by atoms with Crippen LogP contribution in [0, 0.1) is 0 Å². The topological polar surface area (TPSA) is 47.6 Å². The Morgan fingerprint density at radius 3 is 2.89 bits per heavy atom. The van der Waals surface area contributed by atoms with Crippen LogP contribution in [0.2, 0.25) is 0 Å². The first-order valence-corrected chi connectivity index (χ1v) is 6.57. The lowest BCUT2D eigenvalue weighted by atomic mass is 10.1. The standard InChI is InChI=1S/C13H16BrNO3/c1-13(2,3)18-12(16)15-10-7-17-11-8(10)5-4-6-9(11)14/h4-6,10H,7H2,1-3H3,(H,15,16)/t10-/m1/s1. The molecule has 1 heterocycles. The number of halogens is 1. The molecule has 1 amide bonds. The molecular weight excluding hydrogens is 298 g/mol. The Morgan fingerprint density at radius 2 is 2.22 bits per heavy atom. The van der Waals surface area contributed by atoms with Gasteiger partial charge in [0.1, 0.15) is 18.0 Å². The zero-order valence-electron chi connectivity index (χ0n) is 10.6. The molecule has 0 unspecified atom stereocenters. The van der Waals surface area contributed by atoms with Crippen molar-refractivity contribution in [1.29, 1.82) is 0 Å². The van der Waals surface area contributed by atoms with Crippen LogP contribution in [-0.4, -0.2) is 18.3 Å². The first kappa shape index (κ1) is 13.2. The minimum atomic E-state index is -0.496. The number of alkyl carbamates (subject to hydrolysis) is 1. The molecule has 0 fully saturated rings. The van der Waals surface area contributed by atoms with Gasteiger partial charge in [0.25, 0.3) is 0 Å². The van der Waals surface area contributed by atoms with E-state index in [1.165, 1.54) is 0 Å². The summed E-state index contributed by atoms with van der Waals surface area (Å²) in [6.45, 7) is 5.93. The molecule has 1 aromatic rings. The summed E-state index contributed by atoms with van der Waals surface area (Å²) in [6, 6.07) is 5.61. The molecule has 1 aromatic carbocycles. The fourth-order valence-electron chi connectivity index (χ4n) is 1.78. The molecule has 4 nitrogen and oxygen atoms in total. The van der Waals surface area contributed by atoms with Crippen molar-refractivity contribution < 1.29 is 14.3 Å². The highest BCUT2D eigenvalue weighted by molar-refractivity contribution is 9.10. The summed E-state index contributed by atoms with van der Waals surface area (Å²) in [6.07, 6.45) is -0.427. The van der Waals surface area contributed by atoms with Crippen LogP contribution in [-0.2, 0) is 4.74 Å². The minimum absolute atomic E-state index is 0.160. The molecular formula is C13H16BrNO3. The van der Waals surface area contributed by atoms with Crippen LogP contribution in [0.5, 0.6) is 5.75 Å². The van der Waals surface area contributed by atoms with Crippen LogP contribution in [0.4, 0.5) is 4.79 Å². The smallest absolute Gasteiger partial charge is 0.408 e. The number of nitrogens with one attached hydrogen (secondary N) is 1. The highest BCUT2D eigenvalue weighted by atomic mass is 79.9. The molecule has 0 spiro atoms. The average Bonchev–Trinajstić information content (AvgIpc) is 2.60. The number of rotatable bonds is 1. The van der Waals surface area contributed by atoms with Crippen molar-refractivity contribution in [3.05, 3.63) is 28.2 Å². The normalized spacial score (nSPS) is 17.9. The van der Waals surface area contributed by atoms with Gasteiger partial charge in [-0.25, -0.2) is 4.79 Å². The van der Waals surface area contributed by atoms with Crippen molar-refractivity contribution in [2.24, 2.45) is 0 Å². The Bertz CT molecular complexity index is 468. The van der Waals surface area contributed by atoms with E-state index in [2.05, 4.69) is 21.2 Å². The van der Waals surface area contributed by atoms with Crippen LogP contribution in [0.3, 0.4) is 0 Å². The van der Waals surface area contributed by atoms with Gasteiger partial charge in [-0.3, -0.25) is 0 Å². The molecule has 5 heteroatoms. The van der Waals surface area contributed by atoms with E-state index in [1.807, 2.05) is 39.0 Å². The SMILES string of the molecule is CC(C)(C)OC(=O)N[C@@H]1COc2c(Br)cccc21. The molecule has 98 valence electrons. The summed E-state index contributed by atoms with van der Waals surface area (Å²) in [5.74, 6) is 0.790. The predicted octanol–water partition coefficient (Wildman–Crippen LogP) is 3.41. The molecule has 0 radical (unpaired) electrons. The van der Waals surface area contributed by atoms with Crippen molar-refractivity contribution in [3.8, 4) is 5.75 Å². The summed E-state index contributed by atoms with van der Waals surface area (Å²) in [5, 5.41) is 2.81. The fraction of sp³-hybridized carbons (Fsp3) is 0.462. The van der Waals surface area contributed by atoms with Crippen LogP contribution < -0.4 is 10.1 Å². The van der Waals surface area contributed by atoms with Crippen molar-refractivity contribution in [2.75, 3.05) is 6.61 Å². The Morgan fingerprint density at radius 1 is 1.50 bits per heavy atom. The van der Waals surface area contributed by atoms with Crippen LogP contribution in [0.15, 0.2) is 22.7 Å². The van der Waals surface area contributed by atoms with Crippen LogP contribution in [0.1, 0.15) is 32.4 Å². The lowest BCUT2D eigenvalue weighted by molar-refractivity contribution is 0.0497. The first-order chi connectivity index (χ1) is 8.37. The molecule has 1 aliphatic rings. The zero-order chi connectivity index (χ0) is 13.3. The maximum absolute atomic E-state index is 11.7. The highest BCUT2D eigenvalue weighted by Crippen LogP contribution is 2.38. The van der Waals surface area contributed by atoms with Gasteiger partial charge in [-0.1, -0.05) is 12.1 Å². The van der Waals surface area contributed by atoms with Gasteiger partial charge in [-0.05, 0) is 42.8 Å². The van der Waals surface area contributed by atoms with Gasteiger partial charge in [0.05, 0.1) is 10.5 Å². The van der Waals surface area contributed by atoms with Crippen LogP contribution in [0.25, 0.3) is 0 Å². The molecule has 0 saturated carbocycles. The third-order valence-electron chi connectivity index (χ3n) is 2.46. The maximum atomic E-state index is 11.7. The van der Waals surface area contributed by atoms with Gasteiger partial charge < -0.3 is 14.8 Å². The lowest BCUT2D eigenvalue weighted by Gasteiger charge is -2.21. The second-order valence-corrected chi connectivity index (χ2v) is 6.02. The molecule has 0 aliphatic carbocycles. The van der Waals surface area contributed by atoms with Gasteiger partial charge in [-0.15, -0.1) is 0 Å². The summed E-state index contributed by atoms with van der Waals surface area (Å²) in [7, 11) is 0. The lowest BCUT2D eigenvalue weighted by Crippen LogP contribution is -2.35. The highest BCUT2D eigenvalue weighted by Gasteiger charge is 2.28. The number of ether oxygens (including phenoxy) is 2. The molecule has 2 rings (SSSR count). The molecule has 1 aliphatic heterocycles. The molecule has 0 aromatic heterocycles. The monoisotopic (exact) mass is 313 g/mol. The summed E-state index contributed by atoms with van der Waals surface area (Å²) >= 11 is 3.42. The number of benzene rings is 1. The summed E-state index contributed by atoms with van der Waals surface area (Å²) in [5.41, 5.74) is 0.471. The Kier molecular flexibility index (Phi) is 3.52. The number of hydrogen-bond donors (Lipinski definition) is 1. The number of fused-ring (bicyclic) bond motifs is 1. The van der Waals surface area contributed by atoms with Crippen molar-refractivity contribution >= 4 is 22.0 Å². The molecule has 0 saturated heterocycles. The third-order valence-corrected chi connectivity index (χ3v) is 3.08. The number of para-hydroxylation sites is 1. The number of carbonyl (C=O) groups is 1. The molecule has 1 atom stereocenters. The van der Waals surface area contributed by atoms with E-state index in [0.29, 0.717) is 6.61 Å². The molecule has 18 heavy (non-hydrogen) atoms.